The van der Waals surface area contributed by atoms with Crippen molar-refractivity contribution in [2.45, 2.75) is 0 Å². The van der Waals surface area contributed by atoms with Crippen LogP contribution in [0.25, 0.3) is 11.3 Å². The minimum Gasteiger partial charge on any atom is -0.223 e. The average Bonchev–Trinajstić information content (AvgIpc) is 2.32. The molecule has 0 saturated heterocycles. The van der Waals surface area contributed by atoms with Crippen molar-refractivity contribution in [3.8, 4) is 17.3 Å². The summed E-state index contributed by atoms with van der Waals surface area (Å²) in [6.07, 6.45) is 1.00. The van der Waals surface area contributed by atoms with Gasteiger partial charge in [0.15, 0.2) is 5.82 Å². The minimum absolute atomic E-state index is 0.0289. The van der Waals surface area contributed by atoms with Crippen molar-refractivity contribution in [3.63, 3.8) is 0 Å². The number of benzene rings is 1. The molecular weight excluding hydrogens is 229 g/mol. The first-order valence-electron chi connectivity index (χ1n) is 4.39. The van der Waals surface area contributed by atoms with Crippen molar-refractivity contribution in [1.82, 2.24) is 9.97 Å². The zero-order valence-electron chi connectivity index (χ0n) is 7.98. The van der Waals surface area contributed by atoms with Crippen LogP contribution in [0.15, 0.2) is 30.5 Å². The zero-order valence-corrected chi connectivity index (χ0v) is 8.74. The van der Waals surface area contributed by atoms with Gasteiger partial charge in [-0.25, -0.2) is 14.4 Å². The van der Waals surface area contributed by atoms with E-state index in [2.05, 4.69) is 9.97 Å². The summed E-state index contributed by atoms with van der Waals surface area (Å²) < 4.78 is 13.4. The Kier molecular flexibility index (Phi) is 2.80. The van der Waals surface area contributed by atoms with E-state index in [-0.39, 0.29) is 11.0 Å². The summed E-state index contributed by atoms with van der Waals surface area (Å²) in [5.41, 5.74) is 1.03. The molecular formula is C11H5ClFN3. The predicted molar refractivity (Wildman–Crippen MR) is 57.2 cm³/mol. The second kappa shape index (κ2) is 4.25. The Bertz CT molecular complexity index is 578. The first-order valence-corrected chi connectivity index (χ1v) is 4.77. The van der Waals surface area contributed by atoms with E-state index in [0.717, 1.165) is 6.20 Å². The van der Waals surface area contributed by atoms with E-state index in [0.29, 0.717) is 11.1 Å². The van der Waals surface area contributed by atoms with E-state index in [1.807, 2.05) is 6.07 Å². The molecule has 0 saturated carbocycles. The van der Waals surface area contributed by atoms with Crippen LogP contribution in [0, 0.1) is 17.1 Å². The highest BCUT2D eigenvalue weighted by Gasteiger charge is 2.08. The first-order chi connectivity index (χ1) is 7.70. The number of hydrogen-bond donors (Lipinski definition) is 0. The van der Waals surface area contributed by atoms with Gasteiger partial charge in [0.05, 0.1) is 17.8 Å². The Balaban J connectivity index is 2.58. The van der Waals surface area contributed by atoms with Crippen LogP contribution in [0.3, 0.4) is 0 Å². The van der Waals surface area contributed by atoms with Crippen LogP contribution >= 0.6 is 11.6 Å². The summed E-state index contributed by atoms with van der Waals surface area (Å²) in [6.45, 7) is 0. The molecule has 78 valence electrons. The van der Waals surface area contributed by atoms with Gasteiger partial charge >= 0.3 is 0 Å². The SMILES string of the molecule is N#Cc1cccc(-c2nc(Cl)ncc2F)c1. The molecule has 0 radical (unpaired) electrons. The zero-order chi connectivity index (χ0) is 11.5. The second-order valence-corrected chi connectivity index (χ2v) is 3.37. The fourth-order valence-corrected chi connectivity index (χ4v) is 1.42. The van der Waals surface area contributed by atoms with E-state index >= 15 is 0 Å². The van der Waals surface area contributed by atoms with E-state index in [1.54, 1.807) is 24.3 Å². The van der Waals surface area contributed by atoms with Crippen molar-refractivity contribution in [1.29, 1.82) is 5.26 Å². The molecule has 1 aromatic carbocycles. The van der Waals surface area contributed by atoms with Gasteiger partial charge in [-0.2, -0.15) is 5.26 Å². The molecule has 0 aliphatic heterocycles. The molecule has 0 unspecified atom stereocenters. The fraction of sp³-hybridized carbons (Fsp3) is 0. The third kappa shape index (κ3) is 2.00. The van der Waals surface area contributed by atoms with E-state index in [9.17, 15) is 4.39 Å². The van der Waals surface area contributed by atoms with Gasteiger partial charge in [0.25, 0.3) is 0 Å². The van der Waals surface area contributed by atoms with Gasteiger partial charge in [-0.1, -0.05) is 12.1 Å². The standard InChI is InChI=1S/C11H5ClFN3/c12-11-15-6-9(13)10(16-11)8-3-1-2-7(4-8)5-14/h1-4,6H. The molecule has 0 atom stereocenters. The monoisotopic (exact) mass is 233 g/mol. The molecule has 3 nitrogen and oxygen atoms in total. The predicted octanol–water partition coefficient (Wildman–Crippen LogP) is 2.81. The van der Waals surface area contributed by atoms with Gasteiger partial charge in [0.1, 0.15) is 5.69 Å². The van der Waals surface area contributed by atoms with Crippen LogP contribution in [-0.2, 0) is 0 Å². The summed E-state index contributed by atoms with van der Waals surface area (Å²) >= 11 is 5.59. The minimum atomic E-state index is -0.570. The molecule has 1 aromatic heterocycles. The summed E-state index contributed by atoms with van der Waals surface area (Å²) in [6, 6.07) is 8.46. The molecule has 16 heavy (non-hydrogen) atoms. The Morgan fingerprint density at radius 1 is 1.38 bits per heavy atom. The van der Waals surface area contributed by atoms with Gasteiger partial charge in [-0.3, -0.25) is 0 Å². The molecule has 0 aliphatic carbocycles. The van der Waals surface area contributed by atoms with Crippen LogP contribution in [0.1, 0.15) is 5.56 Å². The second-order valence-electron chi connectivity index (χ2n) is 3.03. The molecule has 5 heteroatoms. The maximum absolute atomic E-state index is 13.4. The summed E-state index contributed by atoms with van der Waals surface area (Å²) in [7, 11) is 0. The number of nitriles is 1. The highest BCUT2D eigenvalue weighted by atomic mass is 35.5. The Morgan fingerprint density at radius 2 is 2.19 bits per heavy atom. The topological polar surface area (TPSA) is 49.6 Å². The molecule has 0 aliphatic rings. The van der Waals surface area contributed by atoms with Crippen molar-refractivity contribution in [2.24, 2.45) is 0 Å². The highest BCUT2D eigenvalue weighted by Crippen LogP contribution is 2.21. The quantitative estimate of drug-likeness (QED) is 0.712. The number of rotatable bonds is 1. The van der Waals surface area contributed by atoms with Gasteiger partial charge in [0, 0.05) is 5.56 Å². The highest BCUT2D eigenvalue weighted by molar-refractivity contribution is 6.28. The van der Waals surface area contributed by atoms with E-state index in [1.165, 1.54) is 0 Å². The van der Waals surface area contributed by atoms with Gasteiger partial charge in [0.2, 0.25) is 5.28 Å². The van der Waals surface area contributed by atoms with E-state index in [4.69, 9.17) is 16.9 Å². The lowest BCUT2D eigenvalue weighted by atomic mass is 10.1. The van der Waals surface area contributed by atoms with Crippen LogP contribution in [0.2, 0.25) is 5.28 Å². The average molecular weight is 234 g/mol. The van der Waals surface area contributed by atoms with Gasteiger partial charge in [-0.05, 0) is 23.7 Å². The van der Waals surface area contributed by atoms with E-state index < -0.39 is 5.82 Å². The largest absolute Gasteiger partial charge is 0.223 e. The molecule has 0 N–H and O–H groups in total. The lowest BCUT2D eigenvalue weighted by Gasteiger charge is -2.02. The number of halogens is 2. The normalized spacial score (nSPS) is 9.81. The smallest absolute Gasteiger partial charge is 0.223 e. The van der Waals surface area contributed by atoms with Crippen LogP contribution in [-0.4, -0.2) is 9.97 Å². The van der Waals surface area contributed by atoms with Gasteiger partial charge < -0.3 is 0 Å². The number of nitrogens with zero attached hydrogens (tertiary/aromatic N) is 3. The van der Waals surface area contributed by atoms with Crippen LogP contribution in [0.4, 0.5) is 4.39 Å². The molecule has 1 heterocycles. The Hall–Kier alpha value is -1.99. The summed E-state index contributed by atoms with van der Waals surface area (Å²) in [4.78, 5) is 7.31. The lowest BCUT2D eigenvalue weighted by molar-refractivity contribution is 0.618. The molecule has 0 amide bonds. The van der Waals surface area contributed by atoms with Crippen molar-refractivity contribution in [2.75, 3.05) is 0 Å². The molecule has 2 rings (SSSR count). The third-order valence-corrected chi connectivity index (χ3v) is 2.16. The van der Waals surface area contributed by atoms with Crippen LogP contribution in [0.5, 0.6) is 0 Å². The number of hydrogen-bond acceptors (Lipinski definition) is 3. The van der Waals surface area contributed by atoms with Crippen molar-refractivity contribution >= 4 is 11.6 Å². The Labute approximate surface area is 96.2 Å². The summed E-state index contributed by atoms with van der Waals surface area (Å²) in [5, 5.41) is 8.70. The third-order valence-electron chi connectivity index (χ3n) is 1.98. The lowest BCUT2D eigenvalue weighted by Crippen LogP contribution is -1.92. The molecule has 2 aromatic rings. The van der Waals surface area contributed by atoms with Gasteiger partial charge in [-0.15, -0.1) is 0 Å². The molecule has 0 bridgehead atoms. The Morgan fingerprint density at radius 3 is 2.94 bits per heavy atom. The molecule has 0 fully saturated rings. The van der Waals surface area contributed by atoms with Crippen molar-refractivity contribution in [3.05, 3.63) is 47.1 Å². The molecule has 0 spiro atoms. The maximum atomic E-state index is 13.4. The fourth-order valence-electron chi connectivity index (χ4n) is 1.28. The number of aromatic nitrogens is 2. The maximum Gasteiger partial charge on any atom is 0.223 e. The first kappa shape index (κ1) is 10.5. The summed E-state index contributed by atoms with van der Waals surface area (Å²) in [5.74, 6) is -0.570. The van der Waals surface area contributed by atoms with Crippen LogP contribution < -0.4 is 0 Å². The van der Waals surface area contributed by atoms with Crippen molar-refractivity contribution < 1.29 is 4.39 Å².